The van der Waals surface area contributed by atoms with E-state index in [9.17, 15) is 9.90 Å². The van der Waals surface area contributed by atoms with Crippen molar-refractivity contribution in [2.45, 2.75) is 69.7 Å². The monoisotopic (exact) mass is 559 g/mol. The first-order valence-corrected chi connectivity index (χ1v) is 15.1. The highest BCUT2D eigenvalue weighted by molar-refractivity contribution is 7.09. The molecule has 3 aliphatic rings. The number of ether oxygens (including phenoxy) is 2. The van der Waals surface area contributed by atoms with Crippen LogP contribution in [0.4, 0.5) is 0 Å². The molecule has 1 N–H and O–H groups in total. The average molecular weight is 560 g/mol. The van der Waals surface area contributed by atoms with E-state index in [1.807, 2.05) is 18.2 Å². The number of carbonyl (C=O) groups is 1. The van der Waals surface area contributed by atoms with Crippen molar-refractivity contribution >= 4 is 28.3 Å². The van der Waals surface area contributed by atoms with Gasteiger partial charge in [-0.15, -0.1) is 11.3 Å². The van der Waals surface area contributed by atoms with Crippen LogP contribution in [0.3, 0.4) is 0 Å². The van der Waals surface area contributed by atoms with Crippen molar-refractivity contribution in [2.24, 2.45) is 0 Å². The summed E-state index contributed by atoms with van der Waals surface area (Å²) in [6, 6.07) is 11.3. The number of likely N-dealkylation sites (tertiary alicyclic amines) is 1. The smallest absolute Gasteiger partial charge is 0.335 e. The largest absolute Gasteiger partial charge is 0.478 e. The second-order valence-corrected chi connectivity index (χ2v) is 12.1. The van der Waals surface area contributed by atoms with Gasteiger partial charge in [0, 0.05) is 35.6 Å². The summed E-state index contributed by atoms with van der Waals surface area (Å²) in [5, 5.41) is 12.7. The number of aromatic carboxylic acids is 1. The second kappa shape index (κ2) is 10.9. The van der Waals surface area contributed by atoms with Gasteiger partial charge in [0.1, 0.15) is 17.4 Å². The summed E-state index contributed by atoms with van der Waals surface area (Å²) in [5.41, 5.74) is 4.28. The van der Waals surface area contributed by atoms with Gasteiger partial charge < -0.3 is 19.1 Å². The Kier molecular flexibility index (Phi) is 6.99. The number of carboxylic acids is 1. The fraction of sp³-hybridized carbons (Fsp3) is 0.467. The van der Waals surface area contributed by atoms with Crippen LogP contribution < -0.4 is 4.74 Å². The Morgan fingerprint density at radius 3 is 2.60 bits per heavy atom. The fourth-order valence-electron chi connectivity index (χ4n) is 5.68. The van der Waals surface area contributed by atoms with Gasteiger partial charge in [0.25, 0.3) is 0 Å². The highest BCUT2D eigenvalue weighted by atomic mass is 32.1. The van der Waals surface area contributed by atoms with E-state index in [1.54, 1.807) is 23.5 Å². The van der Waals surface area contributed by atoms with Gasteiger partial charge in [0.05, 0.1) is 41.5 Å². The number of pyridine rings is 1. The zero-order chi connectivity index (χ0) is 27.1. The highest BCUT2D eigenvalue weighted by Crippen LogP contribution is 2.40. The zero-order valence-corrected chi connectivity index (χ0v) is 23.2. The maximum absolute atomic E-state index is 11.6. The van der Waals surface area contributed by atoms with E-state index >= 15 is 0 Å². The molecule has 40 heavy (non-hydrogen) atoms. The summed E-state index contributed by atoms with van der Waals surface area (Å²) in [5.74, 6) is 1.76. The number of nitrogens with zero attached hydrogens (tertiary/aromatic N) is 5. The topological polar surface area (TPSA) is 103 Å². The van der Waals surface area contributed by atoms with Gasteiger partial charge in [-0.2, -0.15) is 0 Å². The van der Waals surface area contributed by atoms with Crippen LogP contribution in [0.5, 0.6) is 5.88 Å². The molecule has 0 amide bonds. The molecule has 208 valence electrons. The maximum atomic E-state index is 11.6. The third kappa shape index (κ3) is 5.48. The van der Waals surface area contributed by atoms with E-state index in [0.29, 0.717) is 30.9 Å². The SMILES string of the molecule is O=C(O)c1ccc2nc(CN3CCC(c4cccc(OCc5nc(C6CC6)cs5)n4)CC3)n(CC3CCO3)c2c1. The summed E-state index contributed by atoms with van der Waals surface area (Å²) < 4.78 is 13.9. The van der Waals surface area contributed by atoms with Gasteiger partial charge in [-0.25, -0.2) is 19.7 Å². The average Bonchev–Trinajstić information content (AvgIpc) is 3.59. The Morgan fingerprint density at radius 1 is 1.02 bits per heavy atom. The van der Waals surface area contributed by atoms with E-state index in [0.717, 1.165) is 73.1 Å². The van der Waals surface area contributed by atoms with Gasteiger partial charge in [0.15, 0.2) is 0 Å². The number of fused-ring (bicyclic) bond motifs is 1. The predicted molar refractivity (Wildman–Crippen MR) is 151 cm³/mol. The number of thiazole rings is 1. The van der Waals surface area contributed by atoms with Gasteiger partial charge >= 0.3 is 5.97 Å². The first-order valence-electron chi connectivity index (χ1n) is 14.2. The van der Waals surface area contributed by atoms with Crippen LogP contribution in [-0.2, 0) is 24.4 Å². The molecule has 5 heterocycles. The standard InChI is InChI=1S/C30H33N5O4S/c36-30(37)21-6-7-24-26(14-21)35(15-22-10-13-38-22)27(31-24)16-34-11-8-20(9-12-34)23-2-1-3-28(32-23)39-17-29-33-25(18-40-29)19-4-5-19/h1-3,6-7,14,18-20,22H,4-5,8-13,15-17H2,(H,36,37). The predicted octanol–water partition coefficient (Wildman–Crippen LogP) is 5.21. The van der Waals surface area contributed by atoms with Crippen LogP contribution >= 0.6 is 11.3 Å². The molecular formula is C30H33N5O4S. The Bertz CT molecular complexity index is 1520. The van der Waals surface area contributed by atoms with Crippen LogP contribution in [0.15, 0.2) is 41.8 Å². The minimum atomic E-state index is -0.924. The molecule has 0 radical (unpaired) electrons. The van der Waals surface area contributed by atoms with Crippen molar-refractivity contribution < 1.29 is 19.4 Å². The highest BCUT2D eigenvalue weighted by Gasteiger charge is 2.27. The van der Waals surface area contributed by atoms with Gasteiger partial charge in [-0.3, -0.25) is 4.90 Å². The quantitative estimate of drug-likeness (QED) is 0.283. The van der Waals surface area contributed by atoms with Crippen LogP contribution in [0.25, 0.3) is 11.0 Å². The number of carboxylic acid groups (broad SMARTS) is 1. The lowest BCUT2D eigenvalue weighted by Crippen LogP contribution is -2.35. The van der Waals surface area contributed by atoms with Crippen LogP contribution in [0, 0.1) is 0 Å². The van der Waals surface area contributed by atoms with E-state index in [4.69, 9.17) is 24.4 Å². The number of hydrogen-bond donors (Lipinski definition) is 1. The lowest BCUT2D eigenvalue weighted by atomic mass is 9.93. The van der Waals surface area contributed by atoms with Crippen LogP contribution in [-0.4, -0.2) is 61.3 Å². The molecule has 2 saturated heterocycles. The minimum absolute atomic E-state index is 0.159. The number of rotatable bonds is 10. The molecule has 1 atom stereocenters. The van der Waals surface area contributed by atoms with Crippen molar-refractivity contribution in [3.8, 4) is 5.88 Å². The summed E-state index contributed by atoms with van der Waals surface area (Å²) in [7, 11) is 0. The number of benzene rings is 1. The summed E-state index contributed by atoms with van der Waals surface area (Å²) in [4.78, 5) is 28.5. The second-order valence-electron chi connectivity index (χ2n) is 11.1. The molecule has 1 unspecified atom stereocenters. The van der Waals surface area contributed by atoms with Crippen molar-refractivity contribution in [1.29, 1.82) is 0 Å². The molecule has 7 rings (SSSR count). The van der Waals surface area contributed by atoms with Crippen molar-refractivity contribution in [3.05, 3.63) is 69.6 Å². The van der Waals surface area contributed by atoms with E-state index in [2.05, 4.69) is 20.9 Å². The molecule has 1 aromatic carbocycles. The first-order chi connectivity index (χ1) is 19.6. The molecule has 2 aliphatic heterocycles. The number of imidazole rings is 1. The fourth-order valence-corrected chi connectivity index (χ4v) is 6.47. The number of piperidine rings is 1. The molecule has 0 spiro atoms. The summed E-state index contributed by atoms with van der Waals surface area (Å²) >= 11 is 1.67. The van der Waals surface area contributed by atoms with E-state index in [-0.39, 0.29) is 11.7 Å². The van der Waals surface area contributed by atoms with Crippen LogP contribution in [0.1, 0.15) is 76.5 Å². The summed E-state index contributed by atoms with van der Waals surface area (Å²) in [6.07, 6.45) is 5.73. The van der Waals surface area contributed by atoms with Crippen molar-refractivity contribution in [1.82, 2.24) is 24.4 Å². The minimum Gasteiger partial charge on any atom is -0.478 e. The third-order valence-electron chi connectivity index (χ3n) is 8.28. The number of aromatic nitrogens is 4. The molecule has 1 aliphatic carbocycles. The molecular weight excluding hydrogens is 526 g/mol. The first kappa shape index (κ1) is 25.6. The molecule has 4 aromatic rings. The number of hydrogen-bond acceptors (Lipinski definition) is 8. The van der Waals surface area contributed by atoms with Gasteiger partial charge in [0.2, 0.25) is 5.88 Å². The Labute approximate surface area is 236 Å². The van der Waals surface area contributed by atoms with E-state index in [1.165, 1.54) is 18.5 Å². The van der Waals surface area contributed by atoms with Crippen molar-refractivity contribution in [2.75, 3.05) is 19.7 Å². The molecule has 0 bridgehead atoms. The van der Waals surface area contributed by atoms with Crippen LogP contribution in [0.2, 0.25) is 0 Å². The normalized spacial score (nSPS) is 20.1. The molecule has 9 nitrogen and oxygen atoms in total. The molecule has 3 fully saturated rings. The molecule has 3 aromatic heterocycles. The lowest BCUT2D eigenvalue weighted by molar-refractivity contribution is -0.0592. The third-order valence-corrected chi connectivity index (χ3v) is 9.12. The maximum Gasteiger partial charge on any atom is 0.335 e. The molecule has 10 heteroatoms. The Hall–Kier alpha value is -3.34. The van der Waals surface area contributed by atoms with Crippen molar-refractivity contribution in [3.63, 3.8) is 0 Å². The van der Waals surface area contributed by atoms with Gasteiger partial charge in [-0.05, 0) is 69.5 Å². The zero-order valence-electron chi connectivity index (χ0n) is 22.4. The summed E-state index contributed by atoms with van der Waals surface area (Å²) in [6.45, 7) is 4.57. The van der Waals surface area contributed by atoms with Gasteiger partial charge in [-0.1, -0.05) is 6.07 Å². The lowest BCUT2D eigenvalue weighted by Gasteiger charge is -2.32. The molecule has 1 saturated carbocycles. The van der Waals surface area contributed by atoms with E-state index < -0.39 is 5.97 Å². The Balaban J connectivity index is 0.993. The Morgan fingerprint density at radius 2 is 1.85 bits per heavy atom.